The fraction of sp³-hybridized carbons (Fsp3) is 0.538. The minimum Gasteiger partial charge on any atom is -0.332 e. The Hall–Kier alpha value is -1.42. The van der Waals surface area contributed by atoms with Crippen LogP contribution in [0, 0.1) is 6.92 Å². The van der Waals surface area contributed by atoms with Gasteiger partial charge in [0.05, 0.1) is 0 Å². The van der Waals surface area contributed by atoms with Gasteiger partial charge in [0, 0.05) is 30.9 Å². The number of aryl methyl sites for hydroxylation is 1. The Kier molecular flexibility index (Phi) is 3.43. The van der Waals surface area contributed by atoms with Crippen LogP contribution in [0.15, 0.2) is 18.2 Å². The van der Waals surface area contributed by atoms with Crippen molar-refractivity contribution in [1.29, 1.82) is 0 Å². The highest BCUT2D eigenvalue weighted by Crippen LogP contribution is 2.11. The summed E-state index contributed by atoms with van der Waals surface area (Å²) in [5.74, 6) is 0.0366. The van der Waals surface area contributed by atoms with Gasteiger partial charge in [0.15, 0.2) is 0 Å². The average Bonchev–Trinajstić information content (AvgIpc) is 2.31. The predicted molar refractivity (Wildman–Crippen MR) is 66.9 cm³/mol. The highest BCUT2D eigenvalue weighted by Gasteiger charge is 2.27. The lowest BCUT2D eigenvalue weighted by Gasteiger charge is -2.37. The van der Waals surface area contributed by atoms with Crippen molar-refractivity contribution < 1.29 is 4.79 Å². The van der Waals surface area contributed by atoms with E-state index in [1.807, 2.05) is 24.0 Å². The van der Waals surface area contributed by atoms with Crippen LogP contribution in [0.5, 0.6) is 0 Å². The smallest absolute Gasteiger partial charge is 0.272 e. The molecule has 4 nitrogen and oxygen atoms in total. The third kappa shape index (κ3) is 2.64. The first-order chi connectivity index (χ1) is 8.08. The number of nitrogens with one attached hydrogen (secondary N) is 1. The number of piperazine rings is 1. The van der Waals surface area contributed by atoms with Crippen molar-refractivity contribution in [2.45, 2.75) is 32.9 Å². The lowest BCUT2D eigenvalue weighted by Crippen LogP contribution is -2.56. The first kappa shape index (κ1) is 12.0. The van der Waals surface area contributed by atoms with Crippen LogP contribution in [0.2, 0.25) is 0 Å². The average molecular weight is 233 g/mol. The number of hydrogen-bond acceptors (Lipinski definition) is 3. The van der Waals surface area contributed by atoms with Crippen LogP contribution in [0.25, 0.3) is 0 Å². The highest BCUT2D eigenvalue weighted by atomic mass is 16.2. The minimum atomic E-state index is 0.0366. The minimum absolute atomic E-state index is 0.0366. The lowest BCUT2D eigenvalue weighted by atomic mass is 10.1. The molecule has 92 valence electrons. The predicted octanol–water partition coefficient (Wildman–Crippen LogP) is 1.21. The summed E-state index contributed by atoms with van der Waals surface area (Å²) in [6.07, 6.45) is 0. The van der Waals surface area contributed by atoms with E-state index in [0.29, 0.717) is 11.7 Å². The molecule has 1 aliphatic rings. The molecule has 1 aliphatic heterocycles. The van der Waals surface area contributed by atoms with Gasteiger partial charge >= 0.3 is 0 Å². The fourth-order valence-corrected chi connectivity index (χ4v) is 2.11. The fourth-order valence-electron chi connectivity index (χ4n) is 2.11. The summed E-state index contributed by atoms with van der Waals surface area (Å²) in [5.41, 5.74) is 1.43. The molecule has 2 unspecified atom stereocenters. The first-order valence-electron chi connectivity index (χ1n) is 6.06. The van der Waals surface area contributed by atoms with Gasteiger partial charge in [-0.15, -0.1) is 0 Å². The van der Waals surface area contributed by atoms with E-state index in [1.54, 1.807) is 6.07 Å². The van der Waals surface area contributed by atoms with Crippen LogP contribution in [-0.4, -0.2) is 41.0 Å². The quantitative estimate of drug-likeness (QED) is 0.793. The largest absolute Gasteiger partial charge is 0.332 e. The molecule has 1 N–H and O–H groups in total. The first-order valence-corrected chi connectivity index (χ1v) is 6.06. The van der Waals surface area contributed by atoms with Gasteiger partial charge in [0.25, 0.3) is 5.91 Å². The monoisotopic (exact) mass is 233 g/mol. The van der Waals surface area contributed by atoms with E-state index in [2.05, 4.69) is 24.1 Å². The molecule has 0 spiro atoms. The topological polar surface area (TPSA) is 45.2 Å². The number of aromatic nitrogens is 1. The van der Waals surface area contributed by atoms with E-state index in [4.69, 9.17) is 0 Å². The molecule has 0 saturated carbocycles. The molecule has 17 heavy (non-hydrogen) atoms. The molecule has 0 radical (unpaired) electrons. The van der Waals surface area contributed by atoms with Gasteiger partial charge in [0.2, 0.25) is 0 Å². The maximum Gasteiger partial charge on any atom is 0.272 e. The van der Waals surface area contributed by atoms with Gasteiger partial charge in [-0.3, -0.25) is 4.79 Å². The Balaban J connectivity index is 2.18. The van der Waals surface area contributed by atoms with E-state index in [0.717, 1.165) is 18.8 Å². The summed E-state index contributed by atoms with van der Waals surface area (Å²) in [6.45, 7) is 7.65. The summed E-state index contributed by atoms with van der Waals surface area (Å²) in [6, 6.07) is 6.14. The van der Waals surface area contributed by atoms with Gasteiger partial charge in [-0.25, -0.2) is 4.98 Å². The molecule has 1 saturated heterocycles. The van der Waals surface area contributed by atoms with E-state index < -0.39 is 0 Å². The Morgan fingerprint density at radius 3 is 2.94 bits per heavy atom. The molecule has 4 heteroatoms. The molecule has 2 atom stereocenters. The van der Waals surface area contributed by atoms with Crippen LogP contribution < -0.4 is 5.32 Å². The molecular weight excluding hydrogens is 214 g/mol. The van der Waals surface area contributed by atoms with Crippen LogP contribution in [0.3, 0.4) is 0 Å². The van der Waals surface area contributed by atoms with Crippen LogP contribution >= 0.6 is 0 Å². The Morgan fingerprint density at radius 2 is 2.24 bits per heavy atom. The molecule has 0 aliphatic carbocycles. The highest BCUT2D eigenvalue weighted by molar-refractivity contribution is 5.92. The zero-order valence-electron chi connectivity index (χ0n) is 10.6. The summed E-state index contributed by atoms with van der Waals surface area (Å²) < 4.78 is 0. The molecule has 1 aromatic heterocycles. The van der Waals surface area contributed by atoms with Crippen molar-refractivity contribution in [3.63, 3.8) is 0 Å². The SMILES string of the molecule is Cc1cccc(C(=O)N2CC(C)NCC2C)n1. The van der Waals surface area contributed by atoms with Crippen molar-refractivity contribution in [2.24, 2.45) is 0 Å². The standard InChI is InChI=1S/C13H19N3O/c1-9-5-4-6-12(15-9)13(17)16-8-10(2)14-7-11(16)3/h4-6,10-11,14H,7-8H2,1-3H3. The number of carbonyl (C=O) groups excluding carboxylic acids is 1. The van der Waals surface area contributed by atoms with E-state index in [-0.39, 0.29) is 11.9 Å². The number of pyridine rings is 1. The van der Waals surface area contributed by atoms with Crippen LogP contribution in [0.4, 0.5) is 0 Å². The summed E-state index contributed by atoms with van der Waals surface area (Å²) in [7, 11) is 0. The van der Waals surface area contributed by atoms with Gasteiger partial charge in [0.1, 0.15) is 5.69 Å². The summed E-state index contributed by atoms with van der Waals surface area (Å²) >= 11 is 0. The van der Waals surface area contributed by atoms with Crippen molar-refractivity contribution in [2.75, 3.05) is 13.1 Å². The number of rotatable bonds is 1. The summed E-state index contributed by atoms with van der Waals surface area (Å²) in [5, 5.41) is 3.37. The molecular formula is C13H19N3O. The van der Waals surface area contributed by atoms with Gasteiger partial charge in [-0.1, -0.05) is 6.07 Å². The lowest BCUT2D eigenvalue weighted by molar-refractivity contribution is 0.0610. The van der Waals surface area contributed by atoms with E-state index in [9.17, 15) is 4.79 Å². The maximum absolute atomic E-state index is 12.3. The second-order valence-corrected chi connectivity index (χ2v) is 4.78. The molecule has 1 amide bonds. The molecule has 1 aromatic rings. The number of carbonyl (C=O) groups is 1. The van der Waals surface area contributed by atoms with Gasteiger partial charge in [-0.05, 0) is 32.9 Å². The van der Waals surface area contributed by atoms with Gasteiger partial charge < -0.3 is 10.2 Å². The Morgan fingerprint density at radius 1 is 1.47 bits per heavy atom. The second-order valence-electron chi connectivity index (χ2n) is 4.78. The second kappa shape index (κ2) is 4.84. The summed E-state index contributed by atoms with van der Waals surface area (Å²) in [4.78, 5) is 18.5. The molecule has 0 bridgehead atoms. The molecule has 2 rings (SSSR count). The van der Waals surface area contributed by atoms with E-state index in [1.165, 1.54) is 0 Å². The van der Waals surface area contributed by atoms with Crippen molar-refractivity contribution in [3.8, 4) is 0 Å². The van der Waals surface area contributed by atoms with Crippen LogP contribution in [0.1, 0.15) is 30.0 Å². The van der Waals surface area contributed by atoms with Crippen molar-refractivity contribution >= 4 is 5.91 Å². The molecule has 0 aromatic carbocycles. The number of amides is 1. The Bertz CT molecular complexity index is 419. The zero-order valence-corrected chi connectivity index (χ0v) is 10.6. The van der Waals surface area contributed by atoms with E-state index >= 15 is 0 Å². The zero-order chi connectivity index (χ0) is 12.4. The van der Waals surface area contributed by atoms with Crippen molar-refractivity contribution in [3.05, 3.63) is 29.6 Å². The van der Waals surface area contributed by atoms with Crippen LogP contribution in [-0.2, 0) is 0 Å². The van der Waals surface area contributed by atoms with Gasteiger partial charge in [-0.2, -0.15) is 0 Å². The number of hydrogen-bond donors (Lipinski definition) is 1. The number of nitrogens with zero attached hydrogens (tertiary/aromatic N) is 2. The third-order valence-electron chi connectivity index (χ3n) is 3.13. The van der Waals surface area contributed by atoms with Crippen molar-refractivity contribution in [1.82, 2.24) is 15.2 Å². The molecule has 2 heterocycles. The molecule has 1 fully saturated rings. The Labute approximate surface area is 102 Å². The maximum atomic E-state index is 12.3. The third-order valence-corrected chi connectivity index (χ3v) is 3.13. The normalized spacial score (nSPS) is 24.8.